The summed E-state index contributed by atoms with van der Waals surface area (Å²) >= 11 is 0. The summed E-state index contributed by atoms with van der Waals surface area (Å²) in [6.45, 7) is 1.63. The predicted octanol–water partition coefficient (Wildman–Crippen LogP) is 1.99. The molecule has 0 fully saturated rings. The number of Topliss-reactive ketones (excluding diaryl/α,β-unsaturated/α-hetero) is 2. The Morgan fingerprint density at radius 1 is 1.25 bits per heavy atom. The van der Waals surface area contributed by atoms with Gasteiger partial charge in [-0.3, -0.25) is 9.59 Å². The van der Waals surface area contributed by atoms with E-state index in [1.54, 1.807) is 31.2 Å². The lowest BCUT2D eigenvalue weighted by Gasteiger charge is -2.03. The molecule has 0 saturated carbocycles. The molecular weight excluding hydrogens is 204 g/mol. The lowest BCUT2D eigenvalue weighted by atomic mass is 10.0. The van der Waals surface area contributed by atoms with Crippen LogP contribution >= 0.6 is 0 Å². The SMILES string of the molecule is CC(O)CCC(=O)CC(=O)c1ccccc1. The summed E-state index contributed by atoms with van der Waals surface area (Å²) < 4.78 is 0. The fraction of sp³-hybridized carbons (Fsp3) is 0.385. The number of hydrogen-bond acceptors (Lipinski definition) is 3. The maximum atomic E-state index is 11.6. The molecule has 0 aliphatic rings. The second-order valence-electron chi connectivity index (χ2n) is 3.89. The molecule has 0 saturated heterocycles. The summed E-state index contributed by atoms with van der Waals surface area (Å²) in [6.07, 6.45) is 0.115. The monoisotopic (exact) mass is 220 g/mol. The van der Waals surface area contributed by atoms with Crippen LogP contribution in [0.3, 0.4) is 0 Å². The first-order valence-electron chi connectivity index (χ1n) is 5.37. The molecule has 0 aliphatic carbocycles. The Hall–Kier alpha value is -1.48. The van der Waals surface area contributed by atoms with Gasteiger partial charge in [-0.1, -0.05) is 30.3 Å². The number of benzene rings is 1. The molecule has 0 spiro atoms. The maximum Gasteiger partial charge on any atom is 0.170 e. The summed E-state index contributed by atoms with van der Waals surface area (Å²) in [5, 5.41) is 9.02. The molecule has 3 heteroatoms. The fourth-order valence-electron chi connectivity index (χ4n) is 1.36. The molecular formula is C13H16O3. The fourth-order valence-corrected chi connectivity index (χ4v) is 1.36. The molecule has 1 atom stereocenters. The molecule has 0 radical (unpaired) electrons. The van der Waals surface area contributed by atoms with Crippen LogP contribution in [-0.2, 0) is 4.79 Å². The zero-order valence-electron chi connectivity index (χ0n) is 9.35. The summed E-state index contributed by atoms with van der Waals surface area (Å²) in [4.78, 5) is 23.0. The quantitative estimate of drug-likeness (QED) is 0.589. The van der Waals surface area contributed by atoms with E-state index in [4.69, 9.17) is 5.11 Å². The molecule has 0 bridgehead atoms. The van der Waals surface area contributed by atoms with Gasteiger partial charge in [-0.25, -0.2) is 0 Å². The first kappa shape index (κ1) is 12.6. The molecule has 1 N–H and O–H groups in total. The topological polar surface area (TPSA) is 54.4 Å². The smallest absolute Gasteiger partial charge is 0.170 e. The van der Waals surface area contributed by atoms with Crippen LogP contribution in [0.5, 0.6) is 0 Å². The second-order valence-corrected chi connectivity index (χ2v) is 3.89. The molecule has 0 heterocycles. The molecule has 1 rings (SSSR count). The minimum atomic E-state index is -0.490. The third-order valence-electron chi connectivity index (χ3n) is 2.29. The minimum Gasteiger partial charge on any atom is -0.393 e. The van der Waals surface area contributed by atoms with Crippen LogP contribution in [0.2, 0.25) is 0 Å². The van der Waals surface area contributed by atoms with Crippen molar-refractivity contribution in [2.75, 3.05) is 0 Å². The summed E-state index contributed by atoms with van der Waals surface area (Å²) in [5.41, 5.74) is 0.563. The molecule has 0 aliphatic heterocycles. The number of rotatable bonds is 6. The lowest BCUT2D eigenvalue weighted by molar-refractivity contribution is -0.118. The number of carbonyl (C=O) groups excluding carboxylic acids is 2. The largest absolute Gasteiger partial charge is 0.393 e. The average Bonchev–Trinajstić information content (AvgIpc) is 2.27. The van der Waals surface area contributed by atoms with Gasteiger partial charge in [0, 0.05) is 12.0 Å². The van der Waals surface area contributed by atoms with E-state index in [9.17, 15) is 9.59 Å². The van der Waals surface area contributed by atoms with Crippen molar-refractivity contribution in [3.8, 4) is 0 Å². The molecule has 1 unspecified atom stereocenters. The highest BCUT2D eigenvalue weighted by Gasteiger charge is 2.11. The molecule has 86 valence electrons. The van der Waals surface area contributed by atoms with Crippen LogP contribution in [0.25, 0.3) is 0 Å². The van der Waals surface area contributed by atoms with Gasteiger partial charge in [0.15, 0.2) is 5.78 Å². The van der Waals surface area contributed by atoms with E-state index in [0.29, 0.717) is 12.0 Å². The number of carbonyl (C=O) groups is 2. The zero-order chi connectivity index (χ0) is 12.0. The average molecular weight is 220 g/mol. The standard InChI is InChI=1S/C13H16O3/c1-10(14)7-8-12(15)9-13(16)11-5-3-2-4-6-11/h2-6,10,14H,7-9H2,1H3. The Morgan fingerprint density at radius 2 is 1.88 bits per heavy atom. The van der Waals surface area contributed by atoms with E-state index >= 15 is 0 Å². The Bertz CT molecular complexity index is 355. The Morgan fingerprint density at radius 3 is 2.44 bits per heavy atom. The van der Waals surface area contributed by atoms with Crippen molar-refractivity contribution >= 4 is 11.6 Å². The van der Waals surface area contributed by atoms with Crippen molar-refractivity contribution in [2.24, 2.45) is 0 Å². The van der Waals surface area contributed by atoms with E-state index in [2.05, 4.69) is 0 Å². The van der Waals surface area contributed by atoms with Gasteiger partial charge < -0.3 is 5.11 Å². The number of hydrogen-bond donors (Lipinski definition) is 1. The van der Waals surface area contributed by atoms with Crippen LogP contribution < -0.4 is 0 Å². The number of aliphatic hydroxyl groups excluding tert-OH is 1. The van der Waals surface area contributed by atoms with Crippen molar-refractivity contribution in [1.82, 2.24) is 0 Å². The van der Waals surface area contributed by atoms with Gasteiger partial charge in [0.1, 0.15) is 5.78 Å². The van der Waals surface area contributed by atoms with Gasteiger partial charge in [-0.05, 0) is 13.3 Å². The lowest BCUT2D eigenvalue weighted by Crippen LogP contribution is -2.10. The Balaban J connectivity index is 2.43. The highest BCUT2D eigenvalue weighted by Crippen LogP contribution is 2.06. The maximum absolute atomic E-state index is 11.6. The van der Waals surface area contributed by atoms with E-state index in [-0.39, 0.29) is 24.4 Å². The zero-order valence-corrected chi connectivity index (χ0v) is 9.35. The van der Waals surface area contributed by atoms with Gasteiger partial charge >= 0.3 is 0 Å². The van der Waals surface area contributed by atoms with Gasteiger partial charge in [0.25, 0.3) is 0 Å². The van der Waals surface area contributed by atoms with E-state index in [0.717, 1.165) is 0 Å². The van der Waals surface area contributed by atoms with Crippen LogP contribution in [0.15, 0.2) is 30.3 Å². The van der Waals surface area contributed by atoms with Crippen molar-refractivity contribution in [3.05, 3.63) is 35.9 Å². The molecule has 16 heavy (non-hydrogen) atoms. The summed E-state index contributed by atoms with van der Waals surface area (Å²) in [7, 11) is 0. The number of ketones is 2. The molecule has 1 aromatic carbocycles. The molecule has 3 nitrogen and oxygen atoms in total. The molecule has 0 aromatic heterocycles. The van der Waals surface area contributed by atoms with Crippen molar-refractivity contribution in [3.63, 3.8) is 0 Å². The van der Waals surface area contributed by atoms with E-state index < -0.39 is 6.10 Å². The first-order chi connectivity index (χ1) is 7.59. The molecule has 0 amide bonds. The van der Waals surface area contributed by atoms with Gasteiger partial charge in [0.2, 0.25) is 0 Å². The van der Waals surface area contributed by atoms with Crippen LogP contribution in [0.1, 0.15) is 36.5 Å². The van der Waals surface area contributed by atoms with Crippen LogP contribution in [-0.4, -0.2) is 22.8 Å². The highest BCUT2D eigenvalue weighted by molar-refractivity contribution is 6.07. The third kappa shape index (κ3) is 4.36. The van der Waals surface area contributed by atoms with Crippen molar-refractivity contribution in [2.45, 2.75) is 32.3 Å². The Labute approximate surface area is 95.1 Å². The normalized spacial score (nSPS) is 12.1. The van der Waals surface area contributed by atoms with Crippen molar-refractivity contribution < 1.29 is 14.7 Å². The van der Waals surface area contributed by atoms with Crippen LogP contribution in [0.4, 0.5) is 0 Å². The van der Waals surface area contributed by atoms with Gasteiger partial charge in [0.05, 0.1) is 12.5 Å². The van der Waals surface area contributed by atoms with E-state index in [1.165, 1.54) is 0 Å². The van der Waals surface area contributed by atoms with Gasteiger partial charge in [-0.15, -0.1) is 0 Å². The predicted molar refractivity (Wildman–Crippen MR) is 61.3 cm³/mol. The van der Waals surface area contributed by atoms with Crippen molar-refractivity contribution in [1.29, 1.82) is 0 Å². The number of aliphatic hydroxyl groups is 1. The third-order valence-corrected chi connectivity index (χ3v) is 2.29. The summed E-state index contributed by atoms with van der Waals surface area (Å²) in [6, 6.07) is 8.77. The highest BCUT2D eigenvalue weighted by atomic mass is 16.3. The summed E-state index contributed by atoms with van der Waals surface area (Å²) in [5.74, 6) is -0.272. The van der Waals surface area contributed by atoms with Crippen LogP contribution in [0, 0.1) is 0 Å². The van der Waals surface area contributed by atoms with E-state index in [1.807, 2.05) is 6.07 Å². The Kier molecular flexibility index (Phi) is 4.86. The van der Waals surface area contributed by atoms with Gasteiger partial charge in [-0.2, -0.15) is 0 Å². The first-order valence-corrected chi connectivity index (χ1v) is 5.37. The second kappa shape index (κ2) is 6.18. The molecule has 1 aromatic rings. The minimum absolute atomic E-state index is 0.0727.